The maximum Gasteiger partial charge on any atom is 0.145 e. The predicted molar refractivity (Wildman–Crippen MR) is 74.1 cm³/mol. The highest BCUT2D eigenvalue weighted by Gasteiger charge is 2.36. The number of rotatable bonds is 2. The van der Waals surface area contributed by atoms with Gasteiger partial charge in [-0.2, -0.15) is 10.4 Å². The van der Waals surface area contributed by atoms with E-state index in [1.807, 2.05) is 18.7 Å². The molecule has 0 aromatic carbocycles. The molecule has 102 valence electrons. The summed E-state index contributed by atoms with van der Waals surface area (Å²) >= 11 is 0. The van der Waals surface area contributed by atoms with Crippen LogP contribution in [-0.4, -0.2) is 35.0 Å². The molecular weight excluding hydrogens is 238 g/mol. The van der Waals surface area contributed by atoms with E-state index in [1.165, 1.54) is 25.7 Å². The van der Waals surface area contributed by atoms with Gasteiger partial charge in [0.1, 0.15) is 17.5 Å². The minimum Gasteiger partial charge on any atom is -0.351 e. The topological polar surface area (TPSA) is 56.9 Å². The average molecular weight is 259 g/mol. The van der Waals surface area contributed by atoms with Gasteiger partial charge in [0.15, 0.2) is 0 Å². The monoisotopic (exact) mass is 259 g/mol. The maximum absolute atomic E-state index is 9.38. The molecular formula is C14H21N5. The van der Waals surface area contributed by atoms with E-state index in [2.05, 4.69) is 21.4 Å². The molecule has 3 heterocycles. The van der Waals surface area contributed by atoms with E-state index < -0.39 is 0 Å². The van der Waals surface area contributed by atoms with Gasteiger partial charge in [-0.15, -0.1) is 0 Å². The molecule has 2 saturated heterocycles. The van der Waals surface area contributed by atoms with Crippen LogP contribution in [0.15, 0.2) is 0 Å². The SMILES string of the molecule is Cc1nn(C)c(N2CCCC2C2CCCN2)c1C#N. The molecule has 0 radical (unpaired) electrons. The van der Waals surface area contributed by atoms with E-state index in [0.29, 0.717) is 12.1 Å². The number of hydrogen-bond donors (Lipinski definition) is 1. The molecule has 19 heavy (non-hydrogen) atoms. The highest BCUT2D eigenvalue weighted by Crippen LogP contribution is 2.32. The van der Waals surface area contributed by atoms with Crippen molar-refractivity contribution in [1.82, 2.24) is 15.1 Å². The van der Waals surface area contributed by atoms with Crippen LogP contribution in [0.4, 0.5) is 5.82 Å². The number of aryl methyl sites for hydroxylation is 2. The Morgan fingerprint density at radius 1 is 1.37 bits per heavy atom. The first-order valence-corrected chi connectivity index (χ1v) is 7.16. The van der Waals surface area contributed by atoms with Crippen molar-refractivity contribution in [2.24, 2.45) is 7.05 Å². The Balaban J connectivity index is 1.94. The first-order valence-electron chi connectivity index (χ1n) is 7.16. The van der Waals surface area contributed by atoms with Crippen LogP contribution >= 0.6 is 0 Å². The molecule has 1 N–H and O–H groups in total. The summed E-state index contributed by atoms with van der Waals surface area (Å²) < 4.78 is 1.88. The van der Waals surface area contributed by atoms with Gasteiger partial charge in [-0.05, 0) is 39.2 Å². The predicted octanol–water partition coefficient (Wildman–Crippen LogP) is 1.32. The van der Waals surface area contributed by atoms with Crippen LogP contribution in [0.3, 0.4) is 0 Å². The third-order valence-electron chi connectivity index (χ3n) is 4.44. The van der Waals surface area contributed by atoms with Crippen LogP contribution < -0.4 is 10.2 Å². The van der Waals surface area contributed by atoms with Gasteiger partial charge in [0, 0.05) is 25.7 Å². The molecule has 2 unspecified atom stereocenters. The summed E-state index contributed by atoms with van der Waals surface area (Å²) in [5.74, 6) is 1.01. The zero-order chi connectivity index (χ0) is 13.4. The molecule has 2 fully saturated rings. The van der Waals surface area contributed by atoms with E-state index in [9.17, 15) is 5.26 Å². The molecule has 2 atom stereocenters. The normalized spacial score (nSPS) is 26.9. The van der Waals surface area contributed by atoms with Crippen LogP contribution in [0.25, 0.3) is 0 Å². The van der Waals surface area contributed by atoms with Crippen molar-refractivity contribution in [2.75, 3.05) is 18.0 Å². The summed E-state index contributed by atoms with van der Waals surface area (Å²) in [4.78, 5) is 2.40. The van der Waals surface area contributed by atoms with Crippen LogP contribution in [0.5, 0.6) is 0 Å². The van der Waals surface area contributed by atoms with Crippen molar-refractivity contribution in [3.05, 3.63) is 11.3 Å². The Morgan fingerprint density at radius 2 is 2.21 bits per heavy atom. The van der Waals surface area contributed by atoms with E-state index >= 15 is 0 Å². The van der Waals surface area contributed by atoms with Crippen molar-refractivity contribution in [2.45, 2.75) is 44.7 Å². The smallest absolute Gasteiger partial charge is 0.145 e. The van der Waals surface area contributed by atoms with Crippen molar-refractivity contribution < 1.29 is 0 Å². The summed E-state index contributed by atoms with van der Waals surface area (Å²) in [5, 5.41) is 17.4. The van der Waals surface area contributed by atoms with Crippen LogP contribution in [0.1, 0.15) is 36.9 Å². The van der Waals surface area contributed by atoms with Gasteiger partial charge in [0.25, 0.3) is 0 Å². The number of nitrogens with one attached hydrogen (secondary N) is 1. The van der Waals surface area contributed by atoms with Crippen molar-refractivity contribution >= 4 is 5.82 Å². The molecule has 3 rings (SSSR count). The second-order valence-corrected chi connectivity index (χ2v) is 5.63. The molecule has 5 heteroatoms. The van der Waals surface area contributed by atoms with Crippen molar-refractivity contribution in [3.8, 4) is 6.07 Å². The largest absolute Gasteiger partial charge is 0.351 e. The van der Waals surface area contributed by atoms with Gasteiger partial charge in [0.05, 0.1) is 5.69 Å². The minimum absolute atomic E-state index is 0.518. The number of hydrogen-bond acceptors (Lipinski definition) is 4. The summed E-state index contributed by atoms with van der Waals surface area (Å²) in [7, 11) is 1.95. The Hall–Kier alpha value is -1.54. The van der Waals surface area contributed by atoms with Gasteiger partial charge in [0.2, 0.25) is 0 Å². The van der Waals surface area contributed by atoms with Gasteiger partial charge in [-0.1, -0.05) is 0 Å². The van der Waals surface area contributed by atoms with Crippen molar-refractivity contribution in [1.29, 1.82) is 5.26 Å². The molecule has 2 aliphatic heterocycles. The Kier molecular flexibility index (Phi) is 3.19. The molecule has 0 amide bonds. The van der Waals surface area contributed by atoms with Gasteiger partial charge in [-0.25, -0.2) is 0 Å². The fraction of sp³-hybridized carbons (Fsp3) is 0.714. The molecule has 0 saturated carbocycles. The van der Waals surface area contributed by atoms with Crippen LogP contribution in [0, 0.1) is 18.3 Å². The van der Waals surface area contributed by atoms with E-state index in [4.69, 9.17) is 0 Å². The number of nitrogens with zero attached hydrogens (tertiary/aromatic N) is 4. The average Bonchev–Trinajstić information content (AvgIpc) is 3.07. The summed E-state index contributed by atoms with van der Waals surface area (Å²) in [5.41, 5.74) is 1.58. The highest BCUT2D eigenvalue weighted by molar-refractivity contribution is 5.58. The number of nitriles is 1. The van der Waals surface area contributed by atoms with E-state index in [1.54, 1.807) is 0 Å². The zero-order valence-corrected chi connectivity index (χ0v) is 11.7. The molecule has 0 aliphatic carbocycles. The van der Waals surface area contributed by atoms with Crippen LogP contribution in [-0.2, 0) is 7.05 Å². The molecule has 5 nitrogen and oxygen atoms in total. The maximum atomic E-state index is 9.38. The summed E-state index contributed by atoms with van der Waals surface area (Å²) in [6, 6.07) is 3.42. The first-order chi connectivity index (χ1) is 9.22. The minimum atomic E-state index is 0.518. The first kappa shape index (κ1) is 12.5. The molecule has 1 aromatic heterocycles. The zero-order valence-electron chi connectivity index (χ0n) is 11.7. The van der Waals surface area contributed by atoms with Gasteiger partial charge >= 0.3 is 0 Å². The molecule has 0 bridgehead atoms. The molecule has 1 aromatic rings. The number of anilines is 1. The lowest BCUT2D eigenvalue weighted by Crippen LogP contribution is -2.44. The number of aromatic nitrogens is 2. The Bertz CT molecular complexity index is 507. The van der Waals surface area contributed by atoms with Gasteiger partial charge in [-0.3, -0.25) is 4.68 Å². The quantitative estimate of drug-likeness (QED) is 0.870. The molecule has 0 spiro atoms. The Labute approximate surface area is 114 Å². The lowest BCUT2D eigenvalue weighted by molar-refractivity contribution is 0.477. The van der Waals surface area contributed by atoms with Gasteiger partial charge < -0.3 is 10.2 Å². The second kappa shape index (κ2) is 4.86. The fourth-order valence-electron chi connectivity index (χ4n) is 3.62. The molecule has 2 aliphatic rings. The third-order valence-corrected chi connectivity index (χ3v) is 4.44. The summed E-state index contributed by atoms with van der Waals surface area (Å²) in [6.07, 6.45) is 4.94. The lowest BCUT2D eigenvalue weighted by Gasteiger charge is -2.31. The van der Waals surface area contributed by atoms with E-state index in [0.717, 1.165) is 30.2 Å². The standard InChI is InChI=1S/C14H21N5/c1-10-11(9-15)14(18(2)17-10)19-8-4-6-13(19)12-5-3-7-16-12/h12-13,16H,3-8H2,1-2H3. The lowest BCUT2D eigenvalue weighted by atomic mass is 10.0. The van der Waals surface area contributed by atoms with Crippen LogP contribution in [0.2, 0.25) is 0 Å². The highest BCUT2D eigenvalue weighted by atomic mass is 15.4. The Morgan fingerprint density at radius 3 is 2.89 bits per heavy atom. The van der Waals surface area contributed by atoms with Crippen molar-refractivity contribution in [3.63, 3.8) is 0 Å². The third kappa shape index (κ3) is 2.00. The van der Waals surface area contributed by atoms with E-state index in [-0.39, 0.29) is 0 Å². The fourth-order valence-corrected chi connectivity index (χ4v) is 3.62. The second-order valence-electron chi connectivity index (χ2n) is 5.63. The summed E-state index contributed by atoms with van der Waals surface area (Å²) in [6.45, 7) is 4.09.